The van der Waals surface area contributed by atoms with Gasteiger partial charge in [0.1, 0.15) is 0 Å². The van der Waals surface area contributed by atoms with Gasteiger partial charge in [0.15, 0.2) is 0 Å². The van der Waals surface area contributed by atoms with Crippen LogP contribution in [-0.4, -0.2) is 21.0 Å². The molecule has 2 N–H and O–H groups in total. The molecule has 0 saturated heterocycles. The fourth-order valence-electron chi connectivity index (χ4n) is 1.10. The van der Waals surface area contributed by atoms with Crippen LogP contribution in [0.25, 0.3) is 0 Å². The van der Waals surface area contributed by atoms with Crippen molar-refractivity contribution in [3.8, 4) is 0 Å². The number of nitrogens with one attached hydrogen (secondary N) is 1. The molecule has 1 heterocycles. The van der Waals surface area contributed by atoms with Crippen molar-refractivity contribution in [3.63, 3.8) is 0 Å². The molecule has 5 heteroatoms. The van der Waals surface area contributed by atoms with Gasteiger partial charge in [-0.25, -0.2) is 4.98 Å². The molecular formula is C8H10N2O3. The molecule has 5 nitrogen and oxygen atoms in total. The highest BCUT2D eigenvalue weighted by Crippen LogP contribution is 2.00. The van der Waals surface area contributed by atoms with Gasteiger partial charge in [-0.2, -0.15) is 0 Å². The van der Waals surface area contributed by atoms with Gasteiger partial charge in [0.05, 0.1) is 18.4 Å². The largest absolute Gasteiger partial charge is 0.481 e. The van der Waals surface area contributed by atoms with Crippen molar-refractivity contribution >= 4 is 5.97 Å². The van der Waals surface area contributed by atoms with Gasteiger partial charge in [-0.15, -0.1) is 0 Å². The van der Waals surface area contributed by atoms with E-state index in [1.165, 1.54) is 6.33 Å². The van der Waals surface area contributed by atoms with Crippen molar-refractivity contribution in [3.05, 3.63) is 27.9 Å². The highest BCUT2D eigenvalue weighted by molar-refractivity contribution is 5.70. The van der Waals surface area contributed by atoms with Gasteiger partial charge in [0, 0.05) is 5.56 Å². The number of hydrogen-bond donors (Lipinski definition) is 2. The van der Waals surface area contributed by atoms with Crippen molar-refractivity contribution in [2.24, 2.45) is 0 Å². The molecule has 0 bridgehead atoms. The maximum atomic E-state index is 11.2. The SMILES string of the molecule is CCc1nc[nH]c(=O)c1CC(=O)O. The molecule has 0 saturated carbocycles. The first-order valence-electron chi connectivity index (χ1n) is 3.92. The van der Waals surface area contributed by atoms with Gasteiger partial charge in [0.25, 0.3) is 5.56 Å². The number of rotatable bonds is 3. The van der Waals surface area contributed by atoms with Crippen LogP contribution in [0.4, 0.5) is 0 Å². The standard InChI is InChI=1S/C8H10N2O3/c1-2-6-5(3-7(11)12)8(13)10-4-9-6/h4H,2-3H2,1H3,(H,11,12)(H,9,10,13). The predicted octanol–water partition coefficient (Wildman–Crippen LogP) is -0.0406. The van der Waals surface area contributed by atoms with E-state index in [1.54, 1.807) is 0 Å². The summed E-state index contributed by atoms with van der Waals surface area (Å²) in [5, 5.41) is 8.53. The van der Waals surface area contributed by atoms with Gasteiger partial charge < -0.3 is 10.1 Å². The Morgan fingerprint density at radius 2 is 2.38 bits per heavy atom. The van der Waals surface area contributed by atoms with Crippen LogP contribution in [0.2, 0.25) is 0 Å². The van der Waals surface area contributed by atoms with Gasteiger partial charge in [-0.05, 0) is 6.42 Å². The lowest BCUT2D eigenvalue weighted by Crippen LogP contribution is -2.19. The lowest BCUT2D eigenvalue weighted by Gasteiger charge is -2.01. The van der Waals surface area contributed by atoms with Crippen LogP contribution in [0.1, 0.15) is 18.2 Å². The summed E-state index contributed by atoms with van der Waals surface area (Å²) in [5.41, 5.74) is 0.429. The number of aryl methyl sites for hydroxylation is 1. The van der Waals surface area contributed by atoms with Gasteiger partial charge in [-0.1, -0.05) is 6.92 Å². The summed E-state index contributed by atoms with van der Waals surface area (Å²) in [7, 11) is 0. The quantitative estimate of drug-likeness (QED) is 0.687. The average molecular weight is 182 g/mol. The first kappa shape index (κ1) is 9.44. The zero-order valence-corrected chi connectivity index (χ0v) is 7.20. The number of aliphatic carboxylic acids is 1. The van der Waals surface area contributed by atoms with Crippen molar-refractivity contribution in [1.82, 2.24) is 9.97 Å². The second-order valence-corrected chi connectivity index (χ2v) is 2.58. The van der Waals surface area contributed by atoms with E-state index >= 15 is 0 Å². The first-order chi connectivity index (χ1) is 6.15. The van der Waals surface area contributed by atoms with Crippen LogP contribution in [0.15, 0.2) is 11.1 Å². The number of hydrogen-bond acceptors (Lipinski definition) is 3. The number of carboxylic acid groups (broad SMARTS) is 1. The van der Waals surface area contributed by atoms with Crippen LogP contribution in [0.5, 0.6) is 0 Å². The summed E-state index contributed by atoms with van der Waals surface area (Å²) in [4.78, 5) is 27.8. The van der Waals surface area contributed by atoms with E-state index in [4.69, 9.17) is 5.11 Å². The summed E-state index contributed by atoms with van der Waals surface area (Å²) in [5.74, 6) is -1.02. The lowest BCUT2D eigenvalue weighted by atomic mass is 10.1. The molecule has 0 spiro atoms. The summed E-state index contributed by atoms with van der Waals surface area (Å²) < 4.78 is 0. The Morgan fingerprint density at radius 1 is 1.69 bits per heavy atom. The molecule has 1 aromatic rings. The first-order valence-corrected chi connectivity index (χ1v) is 3.92. The van der Waals surface area contributed by atoms with E-state index in [-0.39, 0.29) is 17.5 Å². The molecule has 1 rings (SSSR count). The molecule has 0 amide bonds. The molecular weight excluding hydrogens is 172 g/mol. The molecule has 1 aromatic heterocycles. The Balaban J connectivity index is 3.15. The monoisotopic (exact) mass is 182 g/mol. The topological polar surface area (TPSA) is 83.0 Å². The van der Waals surface area contributed by atoms with Crippen molar-refractivity contribution in [1.29, 1.82) is 0 Å². The minimum absolute atomic E-state index is 0.248. The highest BCUT2D eigenvalue weighted by atomic mass is 16.4. The summed E-state index contributed by atoms with van der Waals surface area (Å²) in [6.45, 7) is 1.83. The Hall–Kier alpha value is -1.65. The zero-order chi connectivity index (χ0) is 9.84. The van der Waals surface area contributed by atoms with Gasteiger partial charge in [-0.3, -0.25) is 9.59 Å². The normalized spacial score (nSPS) is 9.92. The maximum Gasteiger partial charge on any atom is 0.308 e. The predicted molar refractivity (Wildman–Crippen MR) is 45.6 cm³/mol. The van der Waals surface area contributed by atoms with E-state index < -0.39 is 5.97 Å². The summed E-state index contributed by atoms with van der Waals surface area (Å²) >= 11 is 0. The van der Waals surface area contributed by atoms with Crippen LogP contribution < -0.4 is 5.56 Å². The second-order valence-electron chi connectivity index (χ2n) is 2.58. The van der Waals surface area contributed by atoms with Gasteiger partial charge in [0.2, 0.25) is 0 Å². The number of nitrogens with zero attached hydrogens (tertiary/aromatic N) is 1. The van der Waals surface area contributed by atoms with Crippen LogP contribution in [0.3, 0.4) is 0 Å². The maximum absolute atomic E-state index is 11.2. The molecule has 0 radical (unpaired) electrons. The van der Waals surface area contributed by atoms with Gasteiger partial charge >= 0.3 is 5.97 Å². The Kier molecular flexibility index (Phi) is 2.79. The number of carbonyl (C=O) groups is 1. The molecule has 0 aromatic carbocycles. The van der Waals surface area contributed by atoms with E-state index in [9.17, 15) is 9.59 Å². The molecule has 0 aliphatic carbocycles. The Labute approximate surface area is 74.4 Å². The average Bonchev–Trinajstić information content (AvgIpc) is 2.08. The molecule has 0 unspecified atom stereocenters. The summed E-state index contributed by atoms with van der Waals surface area (Å²) in [6.07, 6.45) is 1.57. The molecule has 0 atom stereocenters. The van der Waals surface area contributed by atoms with Crippen molar-refractivity contribution in [2.45, 2.75) is 19.8 Å². The highest BCUT2D eigenvalue weighted by Gasteiger charge is 2.10. The second kappa shape index (κ2) is 3.84. The molecule has 70 valence electrons. The zero-order valence-electron chi connectivity index (χ0n) is 7.20. The van der Waals surface area contributed by atoms with E-state index in [0.29, 0.717) is 12.1 Å². The fourth-order valence-corrected chi connectivity index (χ4v) is 1.10. The number of carboxylic acids is 1. The third-order valence-corrected chi connectivity index (χ3v) is 1.70. The van der Waals surface area contributed by atoms with E-state index in [2.05, 4.69) is 9.97 Å². The van der Waals surface area contributed by atoms with E-state index in [0.717, 1.165) is 0 Å². The number of aromatic amines is 1. The minimum Gasteiger partial charge on any atom is -0.481 e. The molecule has 0 fully saturated rings. The Bertz CT molecular complexity index is 370. The van der Waals surface area contributed by atoms with E-state index in [1.807, 2.05) is 6.92 Å². The molecule has 13 heavy (non-hydrogen) atoms. The van der Waals surface area contributed by atoms with Crippen LogP contribution >= 0.6 is 0 Å². The fraction of sp³-hybridized carbons (Fsp3) is 0.375. The number of aromatic nitrogens is 2. The molecule has 0 aliphatic heterocycles. The molecule has 0 aliphatic rings. The van der Waals surface area contributed by atoms with Crippen LogP contribution in [-0.2, 0) is 17.6 Å². The number of H-pyrrole nitrogens is 1. The third kappa shape index (κ3) is 2.14. The lowest BCUT2D eigenvalue weighted by molar-refractivity contribution is -0.136. The van der Waals surface area contributed by atoms with Crippen molar-refractivity contribution < 1.29 is 9.90 Å². The van der Waals surface area contributed by atoms with Crippen molar-refractivity contribution in [2.75, 3.05) is 0 Å². The Morgan fingerprint density at radius 3 is 2.92 bits per heavy atom. The summed E-state index contributed by atoms with van der Waals surface area (Å²) in [6, 6.07) is 0. The smallest absolute Gasteiger partial charge is 0.308 e. The minimum atomic E-state index is -1.02. The third-order valence-electron chi connectivity index (χ3n) is 1.70. The van der Waals surface area contributed by atoms with Crippen LogP contribution in [0, 0.1) is 0 Å².